The number of hydrogen-bond donors (Lipinski definition) is 0. The van der Waals surface area contributed by atoms with Gasteiger partial charge in [0, 0.05) is 37.3 Å². The minimum atomic E-state index is -0.513. The van der Waals surface area contributed by atoms with Gasteiger partial charge in [-0.3, -0.25) is 0 Å². The fourth-order valence-electron chi connectivity index (χ4n) is 3.00. The molecule has 0 fully saturated rings. The predicted octanol–water partition coefficient (Wildman–Crippen LogP) is 4.95. The Kier molecular flexibility index (Phi) is 4.73. The van der Waals surface area contributed by atoms with Crippen LogP contribution in [0.2, 0.25) is 0 Å². The van der Waals surface area contributed by atoms with E-state index >= 15 is 0 Å². The van der Waals surface area contributed by atoms with Gasteiger partial charge in [-0.1, -0.05) is 36.4 Å². The number of hydrogen-bond acceptors (Lipinski definition) is 3. The van der Waals surface area contributed by atoms with Gasteiger partial charge in [0.1, 0.15) is 16.5 Å². The van der Waals surface area contributed by atoms with Crippen molar-refractivity contribution in [2.45, 2.75) is 14.7 Å². The lowest BCUT2D eigenvalue weighted by molar-refractivity contribution is 0.543. The molecule has 0 amide bonds. The van der Waals surface area contributed by atoms with Crippen molar-refractivity contribution in [3.63, 3.8) is 0 Å². The molecule has 0 bridgehead atoms. The molecule has 3 aromatic carbocycles. The van der Waals surface area contributed by atoms with E-state index in [1.54, 1.807) is 0 Å². The number of rotatable bonds is 4. The predicted molar refractivity (Wildman–Crippen MR) is 112 cm³/mol. The fourth-order valence-corrected chi connectivity index (χ4v) is 5.10. The third-order valence-corrected chi connectivity index (χ3v) is 6.59. The lowest BCUT2D eigenvalue weighted by atomic mass is 10.2. The number of anilines is 1. The first-order valence-electron chi connectivity index (χ1n) is 8.73. The van der Waals surface area contributed by atoms with Crippen LogP contribution in [0.3, 0.4) is 0 Å². The molecule has 0 unspecified atom stereocenters. The standard InChI is InChI=1S/C23H20NO2S/c1-24(2)18-14-13-17-15-22(23(25)26-21(17)16-18)27(19-9-5-3-6-10-19)20-11-7-4-8-12-20/h3-16H,1-2H3/q+1. The number of benzene rings is 3. The van der Waals surface area contributed by atoms with Gasteiger partial charge in [0.15, 0.2) is 9.79 Å². The van der Waals surface area contributed by atoms with E-state index in [-0.39, 0.29) is 5.63 Å². The van der Waals surface area contributed by atoms with Crippen LogP contribution in [0.5, 0.6) is 0 Å². The molecule has 0 aliphatic carbocycles. The second kappa shape index (κ2) is 7.33. The van der Waals surface area contributed by atoms with Crippen LogP contribution in [0, 0.1) is 0 Å². The lowest BCUT2D eigenvalue weighted by Gasteiger charge is -2.12. The van der Waals surface area contributed by atoms with Gasteiger partial charge in [0.2, 0.25) is 0 Å². The second-order valence-corrected chi connectivity index (χ2v) is 8.44. The quantitative estimate of drug-likeness (QED) is 0.374. The zero-order valence-electron chi connectivity index (χ0n) is 15.3. The molecule has 0 saturated heterocycles. The molecule has 1 aromatic heterocycles. The summed E-state index contributed by atoms with van der Waals surface area (Å²) < 4.78 is 5.73. The first kappa shape index (κ1) is 17.4. The molecule has 27 heavy (non-hydrogen) atoms. The Morgan fingerprint density at radius 3 is 1.93 bits per heavy atom. The molecule has 0 aliphatic heterocycles. The molecule has 0 spiro atoms. The van der Waals surface area contributed by atoms with Crippen molar-refractivity contribution in [2.24, 2.45) is 0 Å². The van der Waals surface area contributed by atoms with Crippen LogP contribution in [0.4, 0.5) is 5.69 Å². The fraction of sp³-hybridized carbons (Fsp3) is 0.0870. The Morgan fingerprint density at radius 2 is 1.37 bits per heavy atom. The zero-order valence-corrected chi connectivity index (χ0v) is 16.1. The Labute approximate surface area is 161 Å². The van der Waals surface area contributed by atoms with E-state index in [4.69, 9.17) is 4.42 Å². The van der Waals surface area contributed by atoms with Crippen LogP contribution in [0.15, 0.2) is 109 Å². The summed E-state index contributed by atoms with van der Waals surface area (Å²) in [5.41, 5.74) is 1.33. The van der Waals surface area contributed by atoms with Gasteiger partial charge in [-0.2, -0.15) is 0 Å². The van der Waals surface area contributed by atoms with Crippen LogP contribution < -0.4 is 10.5 Å². The first-order valence-corrected chi connectivity index (χ1v) is 9.95. The Balaban J connectivity index is 1.92. The van der Waals surface area contributed by atoms with E-state index in [0.29, 0.717) is 10.5 Å². The molecule has 0 N–H and O–H groups in total. The molecule has 0 saturated carbocycles. The topological polar surface area (TPSA) is 33.5 Å². The highest BCUT2D eigenvalue weighted by atomic mass is 32.2. The lowest BCUT2D eigenvalue weighted by Crippen LogP contribution is -2.15. The van der Waals surface area contributed by atoms with E-state index in [9.17, 15) is 4.79 Å². The highest BCUT2D eigenvalue weighted by molar-refractivity contribution is 7.97. The summed E-state index contributed by atoms with van der Waals surface area (Å²) >= 11 is 0. The van der Waals surface area contributed by atoms with Crippen molar-refractivity contribution in [1.29, 1.82) is 0 Å². The van der Waals surface area contributed by atoms with Crippen LogP contribution in [0.25, 0.3) is 11.0 Å². The van der Waals surface area contributed by atoms with Crippen LogP contribution in [-0.2, 0) is 10.9 Å². The maximum Gasteiger partial charge on any atom is 0.393 e. The molecule has 4 heteroatoms. The Hall–Kier alpha value is -2.98. The van der Waals surface area contributed by atoms with Crippen molar-refractivity contribution in [3.05, 3.63) is 95.3 Å². The monoisotopic (exact) mass is 374 g/mol. The Morgan fingerprint density at radius 1 is 0.778 bits per heavy atom. The molecular weight excluding hydrogens is 354 g/mol. The van der Waals surface area contributed by atoms with Gasteiger partial charge in [0.05, 0.1) is 0 Å². The molecular formula is C23H20NO2S+. The van der Waals surface area contributed by atoms with Crippen LogP contribution >= 0.6 is 0 Å². The largest absolute Gasteiger partial charge is 0.419 e. The van der Waals surface area contributed by atoms with Gasteiger partial charge in [0.25, 0.3) is 4.90 Å². The third kappa shape index (κ3) is 3.49. The summed E-state index contributed by atoms with van der Waals surface area (Å²) in [5, 5.41) is 0.930. The van der Waals surface area contributed by atoms with Crippen molar-refractivity contribution in [1.82, 2.24) is 0 Å². The third-order valence-electron chi connectivity index (χ3n) is 4.38. The zero-order chi connectivity index (χ0) is 18.8. The first-order chi connectivity index (χ1) is 13.1. The number of fused-ring (bicyclic) bond motifs is 1. The van der Waals surface area contributed by atoms with Crippen molar-refractivity contribution >= 4 is 27.6 Å². The molecule has 3 nitrogen and oxygen atoms in total. The van der Waals surface area contributed by atoms with Gasteiger partial charge in [-0.05, 0) is 36.4 Å². The SMILES string of the molecule is CN(C)c1ccc2cc([S+](c3ccccc3)c3ccccc3)c(=O)oc2c1. The maximum atomic E-state index is 12.9. The molecule has 0 aliphatic rings. The summed E-state index contributed by atoms with van der Waals surface area (Å²) in [6, 6.07) is 28.2. The minimum Gasteiger partial charge on any atom is -0.419 e. The number of nitrogens with zero attached hydrogens (tertiary/aromatic N) is 1. The summed E-state index contributed by atoms with van der Waals surface area (Å²) in [4.78, 5) is 17.8. The van der Waals surface area contributed by atoms with E-state index in [0.717, 1.165) is 20.9 Å². The summed E-state index contributed by atoms with van der Waals surface area (Å²) in [5.74, 6) is 0. The van der Waals surface area contributed by atoms with Crippen molar-refractivity contribution in [3.8, 4) is 0 Å². The molecule has 1 heterocycles. The maximum absolute atomic E-state index is 12.9. The van der Waals surface area contributed by atoms with E-state index in [2.05, 4.69) is 24.3 Å². The second-order valence-electron chi connectivity index (χ2n) is 6.45. The average molecular weight is 374 g/mol. The smallest absolute Gasteiger partial charge is 0.393 e. The van der Waals surface area contributed by atoms with E-state index in [1.165, 1.54) is 0 Å². The molecule has 4 rings (SSSR count). The van der Waals surface area contributed by atoms with Crippen molar-refractivity contribution < 1.29 is 4.42 Å². The highest BCUT2D eigenvalue weighted by Crippen LogP contribution is 2.31. The van der Waals surface area contributed by atoms with Gasteiger partial charge < -0.3 is 9.32 Å². The molecule has 4 aromatic rings. The summed E-state index contributed by atoms with van der Waals surface area (Å²) in [6.07, 6.45) is 0. The average Bonchev–Trinajstić information content (AvgIpc) is 2.70. The van der Waals surface area contributed by atoms with Gasteiger partial charge in [-0.15, -0.1) is 0 Å². The highest BCUT2D eigenvalue weighted by Gasteiger charge is 2.32. The summed E-state index contributed by atoms with van der Waals surface area (Å²) in [6.45, 7) is 0. The van der Waals surface area contributed by atoms with E-state index in [1.807, 2.05) is 79.7 Å². The van der Waals surface area contributed by atoms with Gasteiger partial charge >= 0.3 is 5.63 Å². The Bertz CT molecular complexity index is 1080. The normalized spacial score (nSPS) is 11.1. The van der Waals surface area contributed by atoms with Crippen molar-refractivity contribution in [2.75, 3.05) is 19.0 Å². The van der Waals surface area contributed by atoms with Crippen LogP contribution in [0.1, 0.15) is 0 Å². The molecule has 0 atom stereocenters. The minimum absolute atomic E-state index is 0.283. The molecule has 134 valence electrons. The van der Waals surface area contributed by atoms with Gasteiger partial charge in [-0.25, -0.2) is 4.79 Å². The summed E-state index contributed by atoms with van der Waals surface area (Å²) in [7, 11) is 3.42. The molecule has 0 radical (unpaired) electrons. The van der Waals surface area contributed by atoms with Crippen LogP contribution in [-0.4, -0.2) is 14.1 Å². The van der Waals surface area contributed by atoms with E-state index < -0.39 is 10.9 Å².